The molecule has 0 spiro atoms. The second kappa shape index (κ2) is 10.1. The van der Waals surface area contributed by atoms with Crippen LogP contribution in [0.4, 0.5) is 5.13 Å². The van der Waals surface area contributed by atoms with Gasteiger partial charge in [-0.05, 0) is 42.7 Å². The van der Waals surface area contributed by atoms with Gasteiger partial charge in [0.1, 0.15) is 6.07 Å². The Morgan fingerprint density at radius 2 is 1.97 bits per heavy atom. The van der Waals surface area contributed by atoms with Gasteiger partial charge in [-0.1, -0.05) is 44.2 Å². The van der Waals surface area contributed by atoms with Gasteiger partial charge in [-0.25, -0.2) is 13.4 Å². The van der Waals surface area contributed by atoms with Crippen LogP contribution in [0.25, 0.3) is 0 Å². The van der Waals surface area contributed by atoms with Crippen LogP contribution in [0.1, 0.15) is 55.1 Å². The molecule has 1 aliphatic heterocycles. The van der Waals surface area contributed by atoms with E-state index in [4.69, 9.17) is 10.2 Å². The quantitative estimate of drug-likeness (QED) is 0.469. The van der Waals surface area contributed by atoms with Crippen LogP contribution in [0.5, 0.6) is 0 Å². The molecule has 0 unspecified atom stereocenters. The number of sulfone groups is 1. The average molecular weight is 524 g/mol. The predicted molar refractivity (Wildman–Crippen MR) is 139 cm³/mol. The van der Waals surface area contributed by atoms with Gasteiger partial charge in [-0.2, -0.15) is 5.26 Å². The molecular weight excluding hydrogens is 494 g/mol. The Kier molecular flexibility index (Phi) is 7.27. The summed E-state index contributed by atoms with van der Waals surface area (Å²) in [7, 11) is -3.27. The molecule has 4 rings (SSSR count). The number of anilines is 1. The maximum atomic E-state index is 12.7. The molecule has 1 aliphatic rings. The van der Waals surface area contributed by atoms with Crippen molar-refractivity contribution in [3.05, 3.63) is 70.0 Å². The number of benzene rings is 1. The summed E-state index contributed by atoms with van der Waals surface area (Å²) in [4.78, 5) is 25.7. The van der Waals surface area contributed by atoms with Gasteiger partial charge < -0.3 is 5.32 Å². The third-order valence-electron chi connectivity index (χ3n) is 6.87. The van der Waals surface area contributed by atoms with Gasteiger partial charge in [0.15, 0.2) is 15.0 Å². The number of nitrogens with zero attached hydrogens (tertiary/aromatic N) is 4. The van der Waals surface area contributed by atoms with Crippen LogP contribution >= 0.6 is 11.3 Å². The molecule has 0 saturated carbocycles. The molecule has 3 aromatic rings. The van der Waals surface area contributed by atoms with Gasteiger partial charge in [0.2, 0.25) is 5.91 Å². The monoisotopic (exact) mass is 523 g/mol. The van der Waals surface area contributed by atoms with Crippen molar-refractivity contribution in [3.63, 3.8) is 0 Å². The fraction of sp³-hybridized carbons (Fsp3) is 0.385. The lowest BCUT2D eigenvalue weighted by molar-refractivity contribution is -0.115. The van der Waals surface area contributed by atoms with Crippen molar-refractivity contribution < 1.29 is 13.2 Å². The summed E-state index contributed by atoms with van der Waals surface area (Å²) in [5.41, 5.74) is 2.81. The van der Waals surface area contributed by atoms with Crippen molar-refractivity contribution in [1.29, 1.82) is 5.26 Å². The topological polar surface area (TPSA) is 116 Å². The van der Waals surface area contributed by atoms with Crippen molar-refractivity contribution in [1.82, 2.24) is 14.9 Å². The van der Waals surface area contributed by atoms with Gasteiger partial charge in [-0.15, -0.1) is 0 Å². The number of thiazole rings is 1. The molecule has 10 heteroatoms. The minimum absolute atomic E-state index is 0.0399. The minimum atomic E-state index is -3.27. The number of pyridine rings is 1. The number of carbonyl (C=O) groups is 1. The predicted octanol–water partition coefficient (Wildman–Crippen LogP) is 4.27. The first-order valence-electron chi connectivity index (χ1n) is 11.8. The molecule has 2 aromatic heterocycles. The number of fused-ring (bicyclic) bond motifs is 1. The lowest BCUT2D eigenvalue weighted by Gasteiger charge is -2.38. The number of amides is 1. The highest BCUT2D eigenvalue weighted by Gasteiger charge is 2.46. The first-order valence-corrected chi connectivity index (χ1v) is 14.3. The van der Waals surface area contributed by atoms with E-state index in [1.165, 1.54) is 11.3 Å². The zero-order valence-corrected chi connectivity index (χ0v) is 22.4. The summed E-state index contributed by atoms with van der Waals surface area (Å²) in [6.07, 6.45) is 1.73. The lowest BCUT2D eigenvalue weighted by atomic mass is 9.85. The smallest absolute Gasteiger partial charge is 0.230 e. The Hall–Kier alpha value is -3.13. The number of hydrogen-bond acceptors (Lipinski definition) is 8. The molecule has 1 amide bonds. The maximum Gasteiger partial charge on any atom is 0.230 e. The number of rotatable bonds is 8. The molecule has 0 radical (unpaired) electrons. The summed E-state index contributed by atoms with van der Waals surface area (Å²) >= 11 is 1.48. The van der Waals surface area contributed by atoms with E-state index >= 15 is 0 Å². The molecule has 1 N–H and O–H groups in total. The summed E-state index contributed by atoms with van der Waals surface area (Å²) in [5.74, 6) is 0.109. The van der Waals surface area contributed by atoms with Gasteiger partial charge in [-0.3, -0.25) is 14.7 Å². The van der Waals surface area contributed by atoms with Gasteiger partial charge in [0, 0.05) is 24.2 Å². The Balaban J connectivity index is 1.46. The first kappa shape index (κ1) is 25.9. The highest BCUT2D eigenvalue weighted by Crippen LogP contribution is 2.47. The fourth-order valence-corrected chi connectivity index (χ4v) is 6.35. The highest BCUT2D eigenvalue weighted by molar-refractivity contribution is 7.91. The number of aromatic nitrogens is 2. The highest BCUT2D eigenvalue weighted by atomic mass is 32.2. The number of hydrogen-bond donors (Lipinski definition) is 1. The van der Waals surface area contributed by atoms with Crippen molar-refractivity contribution in [2.75, 3.05) is 11.1 Å². The third-order valence-corrected chi connectivity index (χ3v) is 9.58. The van der Waals surface area contributed by atoms with E-state index in [0.717, 1.165) is 21.8 Å². The molecule has 1 aromatic carbocycles. The van der Waals surface area contributed by atoms with Crippen LogP contribution in [-0.4, -0.2) is 34.9 Å². The second-order valence-corrected chi connectivity index (χ2v) is 12.7. The normalized spacial score (nSPS) is 17.7. The van der Waals surface area contributed by atoms with E-state index in [-0.39, 0.29) is 34.4 Å². The molecule has 1 atom stereocenters. The third kappa shape index (κ3) is 5.05. The lowest BCUT2D eigenvalue weighted by Crippen LogP contribution is -2.42. The fourth-order valence-electron chi connectivity index (χ4n) is 4.36. The van der Waals surface area contributed by atoms with Crippen LogP contribution in [0, 0.1) is 17.2 Å². The van der Waals surface area contributed by atoms with Gasteiger partial charge in [0.25, 0.3) is 0 Å². The van der Waals surface area contributed by atoms with Crippen LogP contribution in [0.15, 0.2) is 47.5 Å². The Bertz CT molecular complexity index is 1410. The Morgan fingerprint density at radius 3 is 2.56 bits per heavy atom. The molecular formula is C26H29N5O3S2. The van der Waals surface area contributed by atoms with E-state index in [2.05, 4.69) is 42.0 Å². The molecule has 3 heterocycles. The summed E-state index contributed by atoms with van der Waals surface area (Å²) < 4.78 is 24.0. The molecule has 8 nitrogen and oxygen atoms in total. The van der Waals surface area contributed by atoms with Crippen molar-refractivity contribution in [2.24, 2.45) is 5.92 Å². The summed E-state index contributed by atoms with van der Waals surface area (Å²) in [6.45, 7) is 9.43. The van der Waals surface area contributed by atoms with Crippen LogP contribution < -0.4 is 5.32 Å². The minimum Gasteiger partial charge on any atom is -0.302 e. The summed E-state index contributed by atoms with van der Waals surface area (Å²) in [5, 5.41) is 12.5. The zero-order valence-electron chi connectivity index (χ0n) is 20.8. The first-order chi connectivity index (χ1) is 17.1. The molecule has 0 saturated heterocycles. The molecule has 188 valence electrons. The molecule has 0 bridgehead atoms. The van der Waals surface area contributed by atoms with Crippen LogP contribution in [-0.2, 0) is 39.7 Å². The van der Waals surface area contributed by atoms with Crippen molar-refractivity contribution >= 4 is 32.2 Å². The van der Waals surface area contributed by atoms with E-state index < -0.39 is 9.84 Å². The van der Waals surface area contributed by atoms with Crippen molar-refractivity contribution in [2.45, 2.75) is 57.6 Å². The number of nitrogens with one attached hydrogen (secondary N) is 1. The van der Waals surface area contributed by atoms with Crippen molar-refractivity contribution in [3.8, 4) is 6.07 Å². The van der Waals surface area contributed by atoms with E-state index in [1.807, 2.05) is 6.07 Å². The number of carbonyl (C=O) groups excluding carboxylic acids is 1. The largest absolute Gasteiger partial charge is 0.302 e. The molecule has 36 heavy (non-hydrogen) atoms. The van der Waals surface area contributed by atoms with Gasteiger partial charge >= 0.3 is 0 Å². The Morgan fingerprint density at radius 1 is 1.25 bits per heavy atom. The van der Waals surface area contributed by atoms with Crippen LogP contribution in [0.2, 0.25) is 0 Å². The average Bonchev–Trinajstić information content (AvgIpc) is 3.36. The number of nitriles is 1. The second-order valence-electron chi connectivity index (χ2n) is 9.37. The standard InChI is InChI=1S/C26H29N5O3S2/c1-5-36(33,34)21-10-7-18(8-11-21)12-23(32)29-25-30-24-22(35-25)16-31(26(24,4)17(2)3)15-20-9-6-19(13-27)14-28-20/h6-11,14,17H,5,12,15-16H2,1-4H3,(H,29,30,32)/t26-/m0/s1. The van der Waals surface area contributed by atoms with Gasteiger partial charge in [0.05, 0.1) is 39.6 Å². The maximum absolute atomic E-state index is 12.7. The summed E-state index contributed by atoms with van der Waals surface area (Å²) in [6, 6.07) is 12.2. The Labute approximate surface area is 215 Å². The van der Waals surface area contributed by atoms with E-state index in [1.54, 1.807) is 43.5 Å². The van der Waals surface area contributed by atoms with E-state index in [9.17, 15) is 13.2 Å². The molecule has 0 fully saturated rings. The SMILES string of the molecule is CCS(=O)(=O)c1ccc(CC(=O)Nc2nc3c(s2)CN(Cc2ccc(C#N)cn2)[C@@]3(C)C(C)C)cc1. The van der Waals surface area contributed by atoms with E-state index in [0.29, 0.717) is 23.8 Å². The zero-order chi connectivity index (χ0) is 26.1. The van der Waals surface area contributed by atoms with Crippen LogP contribution in [0.3, 0.4) is 0 Å². The molecule has 0 aliphatic carbocycles.